The molecule has 3 nitrogen and oxygen atoms in total. The van der Waals surface area contributed by atoms with E-state index in [-0.39, 0.29) is 11.8 Å². The van der Waals surface area contributed by atoms with Gasteiger partial charge in [0, 0.05) is 18.2 Å². The molecule has 1 aliphatic rings. The van der Waals surface area contributed by atoms with Gasteiger partial charge in [-0.15, -0.1) is 0 Å². The van der Waals surface area contributed by atoms with Gasteiger partial charge in [-0.25, -0.2) is 0 Å². The number of hydrogen-bond acceptors (Lipinski definition) is 3. The normalized spacial score (nSPS) is 19.9. The van der Waals surface area contributed by atoms with Gasteiger partial charge in [0.25, 0.3) is 0 Å². The summed E-state index contributed by atoms with van der Waals surface area (Å²) in [5.74, 6) is 0.254. The summed E-state index contributed by atoms with van der Waals surface area (Å²) in [4.78, 5) is 0. The summed E-state index contributed by atoms with van der Waals surface area (Å²) in [6.45, 7) is -1.93. The van der Waals surface area contributed by atoms with Gasteiger partial charge in [-0.3, -0.25) is 0 Å². The molecule has 1 fully saturated rings. The first kappa shape index (κ1) is 16.2. The molecule has 2 unspecified atom stereocenters. The van der Waals surface area contributed by atoms with E-state index in [1.807, 2.05) is 19.2 Å². The zero-order chi connectivity index (χ0) is 15.1. The van der Waals surface area contributed by atoms with E-state index in [9.17, 15) is 8.78 Å². The maximum atomic E-state index is 12.5. The second kappa shape index (κ2) is 8.29. The van der Waals surface area contributed by atoms with Crippen LogP contribution in [0.3, 0.4) is 0 Å². The fraction of sp³-hybridized carbons (Fsp3) is 0.625. The molecule has 2 atom stereocenters. The van der Waals surface area contributed by atoms with Crippen LogP contribution in [0, 0.1) is 0 Å². The van der Waals surface area contributed by atoms with Crippen molar-refractivity contribution >= 4 is 0 Å². The number of para-hydroxylation sites is 1. The van der Waals surface area contributed by atoms with Crippen LogP contribution in [0.5, 0.6) is 5.75 Å². The monoisotopic (exact) mass is 299 g/mol. The number of alkyl halides is 2. The fourth-order valence-electron chi connectivity index (χ4n) is 2.85. The predicted molar refractivity (Wildman–Crippen MR) is 77.7 cm³/mol. The minimum absolute atomic E-state index is 0.0151. The van der Waals surface area contributed by atoms with Crippen LogP contribution in [0.1, 0.15) is 43.7 Å². The summed E-state index contributed by atoms with van der Waals surface area (Å²) in [5.41, 5.74) is 0.785. The van der Waals surface area contributed by atoms with Crippen molar-refractivity contribution in [2.24, 2.45) is 0 Å². The van der Waals surface area contributed by atoms with Crippen molar-refractivity contribution in [1.29, 1.82) is 0 Å². The number of rotatable bonds is 8. The molecule has 118 valence electrons. The van der Waals surface area contributed by atoms with E-state index in [0.29, 0.717) is 6.10 Å². The van der Waals surface area contributed by atoms with Gasteiger partial charge < -0.3 is 14.8 Å². The number of nitrogens with one attached hydrogen (secondary N) is 1. The Bertz CT molecular complexity index is 422. The average Bonchev–Trinajstić information content (AvgIpc) is 2.97. The molecule has 0 radical (unpaired) electrons. The van der Waals surface area contributed by atoms with Crippen molar-refractivity contribution in [1.82, 2.24) is 5.32 Å². The molecule has 0 saturated carbocycles. The van der Waals surface area contributed by atoms with E-state index in [2.05, 4.69) is 10.1 Å². The molecule has 1 aliphatic heterocycles. The molecule has 5 heteroatoms. The molecule has 0 bridgehead atoms. The summed E-state index contributed by atoms with van der Waals surface area (Å²) in [7, 11) is 1.84. The number of ether oxygens (including phenoxy) is 2. The predicted octanol–water partition coefficient (Wildman–Crippen LogP) is 3.90. The van der Waals surface area contributed by atoms with Crippen LogP contribution in [-0.2, 0) is 4.74 Å². The second-order valence-corrected chi connectivity index (χ2v) is 5.32. The smallest absolute Gasteiger partial charge is 0.387 e. The van der Waals surface area contributed by atoms with E-state index in [0.717, 1.165) is 44.3 Å². The third kappa shape index (κ3) is 4.93. The highest BCUT2D eigenvalue weighted by atomic mass is 19.3. The van der Waals surface area contributed by atoms with Crippen molar-refractivity contribution in [2.75, 3.05) is 13.7 Å². The second-order valence-electron chi connectivity index (χ2n) is 5.32. The van der Waals surface area contributed by atoms with Crippen molar-refractivity contribution in [3.63, 3.8) is 0 Å². The van der Waals surface area contributed by atoms with Crippen LogP contribution in [0.2, 0.25) is 0 Å². The summed E-state index contributed by atoms with van der Waals surface area (Å²) in [6, 6.07) is 7.00. The minimum Gasteiger partial charge on any atom is -0.434 e. The number of hydrogen-bond donors (Lipinski definition) is 1. The third-order valence-corrected chi connectivity index (χ3v) is 3.90. The van der Waals surface area contributed by atoms with Gasteiger partial charge in [-0.05, 0) is 45.2 Å². The first-order valence-electron chi connectivity index (χ1n) is 7.53. The third-order valence-electron chi connectivity index (χ3n) is 3.90. The topological polar surface area (TPSA) is 30.5 Å². The van der Waals surface area contributed by atoms with E-state index in [1.54, 1.807) is 12.1 Å². The number of halogens is 2. The van der Waals surface area contributed by atoms with E-state index in [4.69, 9.17) is 4.74 Å². The molecule has 1 saturated heterocycles. The van der Waals surface area contributed by atoms with Crippen LogP contribution >= 0.6 is 0 Å². The maximum Gasteiger partial charge on any atom is 0.387 e. The highest BCUT2D eigenvalue weighted by molar-refractivity contribution is 5.35. The molecule has 1 aromatic rings. The van der Waals surface area contributed by atoms with Crippen LogP contribution < -0.4 is 10.1 Å². The largest absolute Gasteiger partial charge is 0.434 e. The lowest BCUT2D eigenvalue weighted by atomic mass is 9.98. The highest BCUT2D eigenvalue weighted by Gasteiger charge is 2.19. The summed E-state index contributed by atoms with van der Waals surface area (Å²) in [6.07, 6.45) is 5.55. The summed E-state index contributed by atoms with van der Waals surface area (Å²) in [5, 5.41) is 3.19. The van der Waals surface area contributed by atoms with Crippen molar-refractivity contribution < 1.29 is 18.3 Å². The van der Waals surface area contributed by atoms with Crippen LogP contribution in [0.4, 0.5) is 8.78 Å². The standard InChI is InChI=1S/C16H23F2NO2/c1-19-14(9-4-6-12-7-5-11-20-12)13-8-2-3-10-15(13)21-16(17)18/h2-3,8,10,12,14,16,19H,4-7,9,11H2,1H3. The minimum atomic E-state index is -2.80. The lowest BCUT2D eigenvalue weighted by Gasteiger charge is -2.20. The first-order valence-corrected chi connectivity index (χ1v) is 7.53. The lowest BCUT2D eigenvalue weighted by molar-refractivity contribution is -0.0507. The Labute approximate surface area is 124 Å². The molecule has 0 amide bonds. The maximum absolute atomic E-state index is 12.5. The van der Waals surface area contributed by atoms with Gasteiger partial charge in [0.1, 0.15) is 5.75 Å². The highest BCUT2D eigenvalue weighted by Crippen LogP contribution is 2.30. The van der Waals surface area contributed by atoms with Crippen LogP contribution in [0.15, 0.2) is 24.3 Å². The van der Waals surface area contributed by atoms with Crippen molar-refractivity contribution in [3.8, 4) is 5.75 Å². The summed E-state index contributed by atoms with van der Waals surface area (Å²) >= 11 is 0. The molecule has 1 N–H and O–H groups in total. The van der Waals surface area contributed by atoms with Crippen LogP contribution in [0.25, 0.3) is 0 Å². The molecule has 0 aliphatic carbocycles. The first-order chi connectivity index (χ1) is 10.2. The van der Waals surface area contributed by atoms with Crippen LogP contribution in [-0.4, -0.2) is 26.4 Å². The van der Waals surface area contributed by atoms with Gasteiger partial charge >= 0.3 is 6.61 Å². The molecule has 1 aromatic carbocycles. The van der Waals surface area contributed by atoms with Gasteiger partial charge in [0.05, 0.1) is 6.10 Å². The van der Waals surface area contributed by atoms with Gasteiger partial charge in [0.2, 0.25) is 0 Å². The Balaban J connectivity index is 1.92. The zero-order valence-corrected chi connectivity index (χ0v) is 12.4. The zero-order valence-electron chi connectivity index (χ0n) is 12.4. The Morgan fingerprint density at radius 2 is 2.19 bits per heavy atom. The van der Waals surface area contributed by atoms with Crippen molar-refractivity contribution in [2.45, 2.75) is 50.9 Å². The molecule has 2 rings (SSSR count). The SMILES string of the molecule is CNC(CCCC1CCCO1)c1ccccc1OC(F)F. The van der Waals surface area contributed by atoms with E-state index in [1.165, 1.54) is 0 Å². The Kier molecular flexibility index (Phi) is 6.39. The van der Waals surface area contributed by atoms with E-state index >= 15 is 0 Å². The molecular weight excluding hydrogens is 276 g/mol. The molecule has 0 aromatic heterocycles. The molecule has 21 heavy (non-hydrogen) atoms. The molecule has 1 heterocycles. The Hall–Kier alpha value is -1.20. The molecular formula is C16H23F2NO2. The van der Waals surface area contributed by atoms with Gasteiger partial charge in [-0.1, -0.05) is 18.2 Å². The van der Waals surface area contributed by atoms with Crippen molar-refractivity contribution in [3.05, 3.63) is 29.8 Å². The Morgan fingerprint density at radius 3 is 2.86 bits per heavy atom. The fourth-order valence-corrected chi connectivity index (χ4v) is 2.85. The average molecular weight is 299 g/mol. The molecule has 0 spiro atoms. The van der Waals surface area contributed by atoms with Gasteiger partial charge in [0.15, 0.2) is 0 Å². The number of benzene rings is 1. The summed E-state index contributed by atoms with van der Waals surface area (Å²) < 4.78 is 35.1. The quantitative estimate of drug-likeness (QED) is 0.790. The van der Waals surface area contributed by atoms with E-state index < -0.39 is 6.61 Å². The van der Waals surface area contributed by atoms with Gasteiger partial charge in [-0.2, -0.15) is 8.78 Å². The Morgan fingerprint density at radius 1 is 1.38 bits per heavy atom. The lowest BCUT2D eigenvalue weighted by Crippen LogP contribution is -2.19.